The predicted molar refractivity (Wildman–Crippen MR) is 91.3 cm³/mol. The lowest BCUT2D eigenvalue weighted by atomic mass is 10.3. The molecule has 0 spiro atoms. The van der Waals surface area contributed by atoms with E-state index >= 15 is 0 Å². The highest BCUT2D eigenvalue weighted by atomic mass is 17.0. The highest BCUT2D eigenvalue weighted by Crippen LogP contribution is 1.88. The molecule has 0 bridgehead atoms. The molecule has 0 aliphatic rings. The van der Waals surface area contributed by atoms with Gasteiger partial charge in [0.15, 0.2) is 0 Å². The summed E-state index contributed by atoms with van der Waals surface area (Å²) in [7, 11) is 0. The lowest BCUT2D eigenvalue weighted by Gasteiger charge is -1.86. The van der Waals surface area contributed by atoms with Crippen molar-refractivity contribution in [1.82, 2.24) is 0 Å². The van der Waals surface area contributed by atoms with Gasteiger partial charge in [-0.1, -0.05) is 60.1 Å². The van der Waals surface area contributed by atoms with E-state index < -0.39 is 0 Å². The van der Waals surface area contributed by atoms with Crippen LogP contribution in [-0.2, 0) is 0 Å². The van der Waals surface area contributed by atoms with E-state index in [9.17, 15) is 0 Å². The standard InChI is InChI=1S/C5H13N.C4H6O.C2H6O.2C2H6.H2O2/c1-2-3-4-5-6;1-2-3-4-5;1-2-3;3*1-2/h2-6H2,1H3;2-5H,1H2;3H,2H2,1H3;2*1-2H3;1-2H/b;4-3-;;;;. The van der Waals surface area contributed by atoms with Gasteiger partial charge in [0.05, 0.1) is 6.26 Å². The van der Waals surface area contributed by atoms with Crippen molar-refractivity contribution < 1.29 is 20.7 Å². The van der Waals surface area contributed by atoms with Crippen LogP contribution in [-0.4, -0.2) is 33.9 Å². The Bertz CT molecular complexity index is 106. The average molecular weight is 297 g/mol. The van der Waals surface area contributed by atoms with Crippen LogP contribution in [0.15, 0.2) is 25.0 Å². The van der Waals surface area contributed by atoms with Gasteiger partial charge in [0.25, 0.3) is 0 Å². The highest BCUT2D eigenvalue weighted by molar-refractivity contribution is 4.91. The normalized spacial score (nSPS) is 6.70. The third-order valence-corrected chi connectivity index (χ3v) is 1.03. The summed E-state index contributed by atoms with van der Waals surface area (Å²) in [6.07, 6.45) is 7.64. The Morgan fingerprint density at radius 1 is 1.00 bits per heavy atom. The topological polar surface area (TPSA) is 107 Å². The minimum absolute atomic E-state index is 0.250. The number of aliphatic hydroxyl groups excluding tert-OH is 2. The second-order valence-corrected chi connectivity index (χ2v) is 2.39. The van der Waals surface area contributed by atoms with Gasteiger partial charge in [-0.15, -0.1) is 0 Å². The molecule has 128 valence electrons. The minimum Gasteiger partial charge on any atom is -0.516 e. The fourth-order valence-corrected chi connectivity index (χ4v) is 0.455. The molecule has 5 nitrogen and oxygen atoms in total. The van der Waals surface area contributed by atoms with Gasteiger partial charge in [-0.05, 0) is 26.0 Å². The Morgan fingerprint density at radius 2 is 1.35 bits per heavy atom. The van der Waals surface area contributed by atoms with Crippen molar-refractivity contribution in [3.05, 3.63) is 25.0 Å². The SMILES string of the molecule is C=C/C=C\O.CC.CC.CCCCCN.CCO.OO. The van der Waals surface area contributed by atoms with Gasteiger partial charge in [0, 0.05) is 6.61 Å². The second-order valence-electron chi connectivity index (χ2n) is 2.39. The van der Waals surface area contributed by atoms with Crippen LogP contribution in [0, 0.1) is 0 Å². The molecule has 0 saturated carbocycles. The Morgan fingerprint density at radius 3 is 1.40 bits per heavy atom. The molecule has 0 aromatic heterocycles. The molecular formula is C15H39NO4. The smallest absolute Gasteiger partial charge is 0.0791 e. The first-order valence-electron chi connectivity index (χ1n) is 7.17. The lowest BCUT2D eigenvalue weighted by molar-refractivity contribution is -0.176. The molecule has 0 aliphatic heterocycles. The van der Waals surface area contributed by atoms with Crippen molar-refractivity contribution in [3.8, 4) is 0 Å². The number of hydrogen-bond acceptors (Lipinski definition) is 5. The van der Waals surface area contributed by atoms with E-state index in [1.807, 2.05) is 27.7 Å². The maximum Gasteiger partial charge on any atom is 0.0791 e. The van der Waals surface area contributed by atoms with Gasteiger partial charge in [0.1, 0.15) is 0 Å². The second kappa shape index (κ2) is 105. The molecule has 0 saturated heterocycles. The Labute approximate surface area is 126 Å². The zero-order chi connectivity index (χ0) is 17.7. The molecule has 0 aliphatic carbocycles. The highest BCUT2D eigenvalue weighted by Gasteiger charge is 1.75. The number of rotatable bonds is 4. The van der Waals surface area contributed by atoms with Crippen LogP contribution < -0.4 is 5.73 Å². The Hall–Kier alpha value is -0.880. The van der Waals surface area contributed by atoms with Crippen molar-refractivity contribution in [2.45, 2.75) is 60.8 Å². The summed E-state index contributed by atoms with van der Waals surface area (Å²) >= 11 is 0. The lowest BCUT2D eigenvalue weighted by Crippen LogP contribution is -1.96. The third kappa shape index (κ3) is 262. The predicted octanol–water partition coefficient (Wildman–Crippen LogP) is 4.45. The monoisotopic (exact) mass is 297 g/mol. The molecule has 0 radical (unpaired) electrons. The van der Waals surface area contributed by atoms with Crippen molar-refractivity contribution in [3.63, 3.8) is 0 Å². The molecule has 20 heavy (non-hydrogen) atoms. The summed E-state index contributed by atoms with van der Waals surface area (Å²) < 4.78 is 0. The van der Waals surface area contributed by atoms with Crippen LogP contribution in [0.3, 0.4) is 0 Å². The molecule has 0 rings (SSSR count). The molecule has 0 aromatic rings. The maximum atomic E-state index is 7.81. The van der Waals surface area contributed by atoms with Crippen LogP contribution in [0.25, 0.3) is 0 Å². The van der Waals surface area contributed by atoms with E-state index in [1.165, 1.54) is 31.4 Å². The molecule has 0 heterocycles. The summed E-state index contributed by atoms with van der Waals surface area (Å²) in [6.45, 7) is 16.3. The fraction of sp³-hybridized carbons (Fsp3) is 0.733. The zero-order valence-corrected chi connectivity index (χ0v) is 14.3. The van der Waals surface area contributed by atoms with Crippen molar-refractivity contribution in [1.29, 1.82) is 0 Å². The summed E-state index contributed by atoms with van der Waals surface area (Å²) in [4.78, 5) is 0. The molecule has 0 amide bonds. The summed E-state index contributed by atoms with van der Waals surface area (Å²) in [6, 6.07) is 0. The van der Waals surface area contributed by atoms with Gasteiger partial charge in [-0.2, -0.15) is 0 Å². The quantitative estimate of drug-likeness (QED) is 0.173. The number of allylic oxidation sites excluding steroid dienone is 2. The third-order valence-electron chi connectivity index (χ3n) is 1.03. The summed E-state index contributed by atoms with van der Waals surface area (Å²) in [5, 5.41) is 27.4. The number of nitrogens with two attached hydrogens (primary N) is 1. The van der Waals surface area contributed by atoms with E-state index in [0.717, 1.165) is 12.8 Å². The van der Waals surface area contributed by atoms with Crippen LogP contribution in [0.1, 0.15) is 60.8 Å². The molecule has 0 unspecified atom stereocenters. The van der Waals surface area contributed by atoms with E-state index in [-0.39, 0.29) is 6.61 Å². The first kappa shape index (κ1) is 36.5. The molecule has 0 aromatic carbocycles. The van der Waals surface area contributed by atoms with Crippen LogP contribution in [0.5, 0.6) is 0 Å². The van der Waals surface area contributed by atoms with Gasteiger partial charge >= 0.3 is 0 Å². The van der Waals surface area contributed by atoms with Gasteiger partial charge < -0.3 is 15.9 Å². The number of unbranched alkanes of at least 4 members (excludes halogenated alkanes) is 2. The van der Waals surface area contributed by atoms with Crippen LogP contribution >= 0.6 is 0 Å². The maximum absolute atomic E-state index is 7.81. The summed E-state index contributed by atoms with van der Waals surface area (Å²) in [5.41, 5.74) is 5.21. The first-order chi connectivity index (χ1) is 9.74. The first-order valence-corrected chi connectivity index (χ1v) is 7.17. The van der Waals surface area contributed by atoms with Gasteiger partial charge in [-0.25, -0.2) is 0 Å². The van der Waals surface area contributed by atoms with Crippen LogP contribution in [0.2, 0.25) is 0 Å². The Kier molecular flexibility index (Phi) is 191. The molecule has 5 heteroatoms. The van der Waals surface area contributed by atoms with E-state index in [2.05, 4.69) is 13.5 Å². The summed E-state index contributed by atoms with van der Waals surface area (Å²) in [5.74, 6) is 0. The van der Waals surface area contributed by atoms with Crippen molar-refractivity contribution in [2.24, 2.45) is 5.73 Å². The molecular weight excluding hydrogens is 258 g/mol. The molecule has 6 N–H and O–H groups in total. The average Bonchev–Trinajstić information content (AvgIpc) is 2.53. The largest absolute Gasteiger partial charge is 0.516 e. The van der Waals surface area contributed by atoms with Crippen molar-refractivity contribution in [2.75, 3.05) is 13.2 Å². The Balaban J connectivity index is -0.0000000318. The van der Waals surface area contributed by atoms with Crippen molar-refractivity contribution >= 4 is 0 Å². The van der Waals surface area contributed by atoms with E-state index in [0.29, 0.717) is 0 Å². The molecule has 0 atom stereocenters. The van der Waals surface area contributed by atoms with E-state index in [1.54, 1.807) is 6.92 Å². The minimum atomic E-state index is 0.250. The van der Waals surface area contributed by atoms with Gasteiger partial charge in [0.2, 0.25) is 0 Å². The fourth-order valence-electron chi connectivity index (χ4n) is 0.455. The number of hydrogen-bond donors (Lipinski definition) is 5. The molecule has 0 fully saturated rings. The van der Waals surface area contributed by atoms with Gasteiger partial charge in [-0.3, -0.25) is 10.5 Å². The number of aliphatic hydroxyl groups is 2. The van der Waals surface area contributed by atoms with Crippen LogP contribution in [0.4, 0.5) is 0 Å². The van der Waals surface area contributed by atoms with E-state index in [4.69, 9.17) is 26.5 Å². The zero-order valence-electron chi connectivity index (χ0n) is 14.3.